The van der Waals surface area contributed by atoms with Gasteiger partial charge in [0.25, 0.3) is 0 Å². The average Bonchev–Trinajstić information content (AvgIpc) is 3.52. The Morgan fingerprint density at radius 3 is 2.37 bits per heavy atom. The topological polar surface area (TPSA) is 31.0 Å². The molecule has 2 aromatic heterocycles. The molecule has 3 nitrogen and oxygen atoms in total. The third kappa shape index (κ3) is 3.62. The van der Waals surface area contributed by atoms with E-state index in [1.807, 2.05) is 12.3 Å². The Balaban J connectivity index is 1.45. The SMILES string of the molecule is Cc1cc(-n2c(-c3coc4cc5ccc(C(C)C)cc5cc34)nc3ccccc32)ccc1-c1ccccc1. The highest BCUT2D eigenvalue weighted by atomic mass is 16.3. The molecule has 0 saturated heterocycles. The van der Waals surface area contributed by atoms with Gasteiger partial charge in [0.2, 0.25) is 0 Å². The Morgan fingerprint density at radius 1 is 0.737 bits per heavy atom. The molecule has 5 aromatic carbocycles. The van der Waals surface area contributed by atoms with Crippen LogP contribution in [-0.2, 0) is 0 Å². The molecule has 0 fully saturated rings. The zero-order valence-electron chi connectivity index (χ0n) is 21.8. The van der Waals surface area contributed by atoms with Gasteiger partial charge in [0.15, 0.2) is 0 Å². The minimum atomic E-state index is 0.477. The van der Waals surface area contributed by atoms with Gasteiger partial charge in [0.05, 0.1) is 16.6 Å². The van der Waals surface area contributed by atoms with Crippen LogP contribution in [-0.4, -0.2) is 9.55 Å². The van der Waals surface area contributed by atoms with Crippen LogP contribution in [0.1, 0.15) is 30.9 Å². The molecule has 0 amide bonds. The standard InChI is InChI=1S/C35H28N2O/c1-22(2)25-13-14-26-20-34-30(19-27(26)18-25)31(21-38-34)35-36-32-11-7-8-12-33(32)37(35)28-15-16-29(23(3)17-28)24-9-5-4-6-10-24/h4-22H,1-3H3. The van der Waals surface area contributed by atoms with Crippen molar-refractivity contribution in [1.29, 1.82) is 0 Å². The van der Waals surface area contributed by atoms with Gasteiger partial charge in [0.1, 0.15) is 17.7 Å². The lowest BCUT2D eigenvalue weighted by Crippen LogP contribution is -1.98. The fourth-order valence-corrected chi connectivity index (χ4v) is 5.52. The van der Waals surface area contributed by atoms with Crippen LogP contribution < -0.4 is 0 Å². The lowest BCUT2D eigenvalue weighted by Gasteiger charge is -2.13. The number of furan rings is 1. The first kappa shape index (κ1) is 22.6. The molecule has 0 N–H and O–H groups in total. The summed E-state index contributed by atoms with van der Waals surface area (Å²) in [6, 6.07) is 36.6. The number of hydrogen-bond donors (Lipinski definition) is 0. The molecule has 0 aliphatic rings. The van der Waals surface area contributed by atoms with Crippen LogP contribution in [0.2, 0.25) is 0 Å². The van der Waals surface area contributed by atoms with Crippen molar-refractivity contribution >= 4 is 32.8 Å². The maximum Gasteiger partial charge on any atom is 0.149 e. The minimum Gasteiger partial charge on any atom is -0.464 e. The second-order valence-corrected chi connectivity index (χ2v) is 10.4. The smallest absolute Gasteiger partial charge is 0.149 e. The molecule has 0 bridgehead atoms. The Morgan fingerprint density at radius 2 is 1.55 bits per heavy atom. The predicted molar refractivity (Wildman–Crippen MR) is 158 cm³/mol. The molecule has 7 aromatic rings. The van der Waals surface area contributed by atoms with Crippen molar-refractivity contribution in [3.05, 3.63) is 121 Å². The van der Waals surface area contributed by atoms with Gasteiger partial charge in [-0.05, 0) is 82.3 Å². The molecular formula is C35H28N2O. The minimum absolute atomic E-state index is 0.477. The molecule has 2 heterocycles. The van der Waals surface area contributed by atoms with Gasteiger partial charge in [-0.1, -0.05) is 80.6 Å². The van der Waals surface area contributed by atoms with E-state index in [1.54, 1.807) is 0 Å². The van der Waals surface area contributed by atoms with E-state index in [-0.39, 0.29) is 0 Å². The van der Waals surface area contributed by atoms with E-state index < -0.39 is 0 Å². The fourth-order valence-electron chi connectivity index (χ4n) is 5.52. The highest BCUT2D eigenvalue weighted by molar-refractivity contribution is 6.03. The van der Waals surface area contributed by atoms with Crippen molar-refractivity contribution in [3.63, 3.8) is 0 Å². The summed E-state index contributed by atoms with van der Waals surface area (Å²) in [6.07, 6.45) is 1.86. The Bertz CT molecular complexity index is 1960. The summed E-state index contributed by atoms with van der Waals surface area (Å²) in [4.78, 5) is 5.12. The van der Waals surface area contributed by atoms with E-state index in [0.717, 1.165) is 39.1 Å². The summed E-state index contributed by atoms with van der Waals surface area (Å²) in [5.41, 5.74) is 10.0. The predicted octanol–water partition coefficient (Wildman–Crippen LogP) is 9.69. The number of para-hydroxylation sites is 2. The third-order valence-corrected chi connectivity index (χ3v) is 7.58. The second kappa shape index (κ2) is 8.74. The summed E-state index contributed by atoms with van der Waals surface area (Å²) in [7, 11) is 0. The summed E-state index contributed by atoms with van der Waals surface area (Å²) >= 11 is 0. The lowest BCUT2D eigenvalue weighted by molar-refractivity contribution is 0.617. The molecule has 7 rings (SSSR count). The Labute approximate surface area is 222 Å². The number of rotatable bonds is 4. The molecular weight excluding hydrogens is 464 g/mol. The van der Waals surface area contributed by atoms with Crippen molar-refractivity contribution in [2.45, 2.75) is 26.7 Å². The summed E-state index contributed by atoms with van der Waals surface area (Å²) in [5, 5.41) is 3.48. The molecule has 0 spiro atoms. The molecule has 0 radical (unpaired) electrons. The van der Waals surface area contributed by atoms with E-state index in [9.17, 15) is 0 Å². The number of benzene rings is 5. The van der Waals surface area contributed by atoms with E-state index >= 15 is 0 Å². The average molecular weight is 493 g/mol. The van der Waals surface area contributed by atoms with Crippen LogP contribution in [0.3, 0.4) is 0 Å². The molecule has 0 aliphatic heterocycles. The highest BCUT2D eigenvalue weighted by Crippen LogP contribution is 2.37. The number of nitrogens with zero attached hydrogens (tertiary/aromatic N) is 2. The fraction of sp³-hybridized carbons (Fsp3) is 0.114. The number of imidazole rings is 1. The zero-order valence-corrected chi connectivity index (χ0v) is 21.8. The highest BCUT2D eigenvalue weighted by Gasteiger charge is 2.19. The molecule has 0 atom stereocenters. The quantitative estimate of drug-likeness (QED) is 0.245. The van der Waals surface area contributed by atoms with Crippen molar-refractivity contribution in [3.8, 4) is 28.2 Å². The van der Waals surface area contributed by atoms with Gasteiger partial charge in [-0.3, -0.25) is 4.57 Å². The number of aromatic nitrogens is 2. The Hall–Kier alpha value is -4.63. The molecule has 38 heavy (non-hydrogen) atoms. The number of fused-ring (bicyclic) bond motifs is 3. The van der Waals surface area contributed by atoms with Gasteiger partial charge in [-0.15, -0.1) is 0 Å². The maximum absolute atomic E-state index is 6.12. The first-order valence-corrected chi connectivity index (χ1v) is 13.2. The van der Waals surface area contributed by atoms with Crippen LogP contribution in [0.5, 0.6) is 0 Å². The first-order chi connectivity index (χ1) is 18.6. The van der Waals surface area contributed by atoms with Crippen LogP contribution in [0.25, 0.3) is 61.0 Å². The first-order valence-electron chi connectivity index (χ1n) is 13.2. The van der Waals surface area contributed by atoms with Crippen molar-refractivity contribution in [2.24, 2.45) is 0 Å². The number of aryl methyl sites for hydroxylation is 1. The summed E-state index contributed by atoms with van der Waals surface area (Å²) in [5.74, 6) is 1.36. The van der Waals surface area contributed by atoms with Crippen molar-refractivity contribution in [2.75, 3.05) is 0 Å². The monoisotopic (exact) mass is 492 g/mol. The van der Waals surface area contributed by atoms with Gasteiger partial charge < -0.3 is 4.42 Å². The molecule has 184 valence electrons. The maximum atomic E-state index is 6.12. The normalized spacial score (nSPS) is 11.8. The van der Waals surface area contributed by atoms with Crippen LogP contribution in [0, 0.1) is 6.92 Å². The van der Waals surface area contributed by atoms with E-state index in [0.29, 0.717) is 5.92 Å². The van der Waals surface area contributed by atoms with E-state index in [2.05, 4.69) is 122 Å². The Kier molecular flexibility index (Phi) is 5.19. The molecule has 0 aliphatic carbocycles. The third-order valence-electron chi connectivity index (χ3n) is 7.58. The molecule has 0 unspecified atom stereocenters. The van der Waals surface area contributed by atoms with E-state index in [1.165, 1.54) is 33.0 Å². The zero-order chi connectivity index (χ0) is 25.8. The number of hydrogen-bond acceptors (Lipinski definition) is 2. The van der Waals surface area contributed by atoms with Gasteiger partial charge in [-0.25, -0.2) is 4.98 Å². The van der Waals surface area contributed by atoms with Crippen molar-refractivity contribution < 1.29 is 4.42 Å². The van der Waals surface area contributed by atoms with Crippen LogP contribution >= 0.6 is 0 Å². The van der Waals surface area contributed by atoms with Gasteiger partial charge in [-0.2, -0.15) is 0 Å². The second-order valence-electron chi connectivity index (χ2n) is 10.4. The lowest BCUT2D eigenvalue weighted by atomic mass is 9.98. The van der Waals surface area contributed by atoms with Crippen LogP contribution in [0.4, 0.5) is 0 Å². The largest absolute Gasteiger partial charge is 0.464 e. The molecule has 3 heteroatoms. The van der Waals surface area contributed by atoms with Crippen LogP contribution in [0.15, 0.2) is 114 Å². The van der Waals surface area contributed by atoms with Gasteiger partial charge in [0, 0.05) is 11.1 Å². The van der Waals surface area contributed by atoms with Crippen molar-refractivity contribution in [1.82, 2.24) is 9.55 Å². The molecule has 0 saturated carbocycles. The summed E-state index contributed by atoms with van der Waals surface area (Å²) < 4.78 is 8.38. The summed E-state index contributed by atoms with van der Waals surface area (Å²) in [6.45, 7) is 6.64. The van der Waals surface area contributed by atoms with Gasteiger partial charge >= 0.3 is 0 Å². The van der Waals surface area contributed by atoms with E-state index in [4.69, 9.17) is 9.40 Å².